The molecule has 4 heterocycles. The van der Waals surface area contributed by atoms with Gasteiger partial charge in [0.25, 0.3) is 12.3 Å². The molecule has 0 bridgehead atoms. The van der Waals surface area contributed by atoms with E-state index in [1.54, 1.807) is 11.8 Å². The van der Waals surface area contributed by atoms with Gasteiger partial charge in [-0.1, -0.05) is 11.3 Å². The Balaban J connectivity index is 1.47. The number of hydrogen-bond acceptors (Lipinski definition) is 10. The van der Waals surface area contributed by atoms with Crippen molar-refractivity contribution in [3.8, 4) is 5.13 Å². The average Bonchev–Trinajstić information content (AvgIpc) is 3.53. The number of hydrogen-bond donors (Lipinski definition) is 1. The summed E-state index contributed by atoms with van der Waals surface area (Å²) in [7, 11) is -2.84. The van der Waals surface area contributed by atoms with E-state index in [0.717, 1.165) is 4.57 Å². The molecule has 3 fully saturated rings. The predicted octanol–water partition coefficient (Wildman–Crippen LogP) is 1.45. The molecule has 234 valence electrons. The van der Waals surface area contributed by atoms with E-state index in [-0.39, 0.29) is 41.2 Å². The Morgan fingerprint density at radius 2 is 1.88 bits per heavy atom. The highest BCUT2D eigenvalue weighted by molar-refractivity contribution is 7.89. The minimum atomic E-state index is -4.35. The summed E-state index contributed by atoms with van der Waals surface area (Å²) in [4.78, 5) is 30.0. The minimum Gasteiger partial charge on any atom is -0.377 e. The lowest BCUT2D eigenvalue weighted by Crippen LogP contribution is -2.63. The summed E-state index contributed by atoms with van der Waals surface area (Å²) < 4.78 is 83.2. The number of benzene rings is 1. The number of anilines is 1. The standard InChI is InChI=1S/C25H30F3N7O6S2/c1-3-34-18-16(32-6-8-33(9-7-32)21(36)25(40-2)4-5-25)10-15(43(38,39)31-24(12-26)13-41-14-24)11-17(18)35(23(34)37)22-30-29-20(42-22)19(27)28/h10-11,19,31H,3-9,12-14H2,1-2H3. The van der Waals surface area contributed by atoms with E-state index in [4.69, 9.17) is 9.47 Å². The fourth-order valence-electron chi connectivity index (χ4n) is 5.54. The van der Waals surface area contributed by atoms with Crippen molar-refractivity contribution < 1.29 is 35.9 Å². The van der Waals surface area contributed by atoms with Crippen LogP contribution in [0.4, 0.5) is 18.9 Å². The Morgan fingerprint density at radius 3 is 2.40 bits per heavy atom. The number of nitrogens with one attached hydrogen (secondary N) is 1. The molecule has 1 amide bonds. The highest BCUT2D eigenvalue weighted by Gasteiger charge is 2.52. The number of aryl methyl sites for hydroxylation is 1. The number of carbonyl (C=O) groups excluding carboxylic acids is 1. The molecule has 2 saturated heterocycles. The van der Waals surface area contributed by atoms with Crippen molar-refractivity contribution in [3.05, 3.63) is 27.6 Å². The van der Waals surface area contributed by atoms with Crippen LogP contribution in [0.25, 0.3) is 16.2 Å². The second-order valence-corrected chi connectivity index (χ2v) is 13.6. The monoisotopic (exact) mass is 645 g/mol. The predicted molar refractivity (Wildman–Crippen MR) is 149 cm³/mol. The topological polar surface area (TPSA) is 141 Å². The van der Waals surface area contributed by atoms with Gasteiger partial charge in [-0.15, -0.1) is 10.2 Å². The maximum absolute atomic E-state index is 13.9. The van der Waals surface area contributed by atoms with Crippen LogP contribution in [0.3, 0.4) is 0 Å². The minimum absolute atomic E-state index is 0.0951. The molecule has 0 atom stereocenters. The Morgan fingerprint density at radius 1 is 1.19 bits per heavy atom. The number of halogens is 3. The molecule has 6 rings (SSSR count). The second-order valence-electron chi connectivity index (χ2n) is 10.9. The third-order valence-electron chi connectivity index (χ3n) is 8.17. The molecule has 1 aliphatic carbocycles. The molecule has 1 aromatic carbocycles. The third kappa shape index (κ3) is 5.01. The molecule has 1 N–H and O–H groups in total. The van der Waals surface area contributed by atoms with Crippen LogP contribution < -0.4 is 15.3 Å². The normalized spacial score (nSPS) is 19.7. The summed E-state index contributed by atoms with van der Waals surface area (Å²) >= 11 is 0.518. The summed E-state index contributed by atoms with van der Waals surface area (Å²) in [6.07, 6.45) is -1.61. The van der Waals surface area contributed by atoms with Crippen LogP contribution in [0.2, 0.25) is 0 Å². The molecule has 0 spiro atoms. The van der Waals surface area contributed by atoms with Crippen LogP contribution in [0.5, 0.6) is 0 Å². The lowest BCUT2D eigenvalue weighted by Gasteiger charge is -2.39. The Bertz CT molecular complexity index is 1720. The van der Waals surface area contributed by atoms with Crippen LogP contribution in [0.15, 0.2) is 21.8 Å². The van der Waals surface area contributed by atoms with Gasteiger partial charge in [-0.05, 0) is 31.9 Å². The quantitative estimate of drug-likeness (QED) is 0.347. The van der Waals surface area contributed by atoms with Gasteiger partial charge in [0.1, 0.15) is 17.8 Å². The van der Waals surface area contributed by atoms with Crippen molar-refractivity contribution in [2.45, 2.75) is 48.8 Å². The highest BCUT2D eigenvalue weighted by Crippen LogP contribution is 2.41. The van der Waals surface area contributed by atoms with E-state index >= 15 is 0 Å². The van der Waals surface area contributed by atoms with Crippen LogP contribution >= 0.6 is 11.3 Å². The van der Waals surface area contributed by atoms with Crippen molar-refractivity contribution in [2.24, 2.45) is 0 Å². The lowest BCUT2D eigenvalue weighted by molar-refractivity contribution is -0.144. The third-order valence-corrected chi connectivity index (χ3v) is 10.6. The highest BCUT2D eigenvalue weighted by atomic mass is 32.2. The van der Waals surface area contributed by atoms with Crippen LogP contribution in [-0.4, -0.2) is 103 Å². The van der Waals surface area contributed by atoms with Crippen molar-refractivity contribution in [1.82, 2.24) is 29.0 Å². The number of imidazole rings is 1. The van der Waals surface area contributed by atoms with Gasteiger partial charge < -0.3 is 19.3 Å². The molecule has 2 aliphatic heterocycles. The van der Waals surface area contributed by atoms with Gasteiger partial charge in [0.05, 0.1) is 34.8 Å². The average molecular weight is 646 g/mol. The number of amides is 1. The number of aromatic nitrogens is 4. The lowest BCUT2D eigenvalue weighted by atomic mass is 10.0. The van der Waals surface area contributed by atoms with Crippen LogP contribution in [-0.2, 0) is 30.8 Å². The number of sulfonamides is 1. The summed E-state index contributed by atoms with van der Waals surface area (Å²) in [6, 6.07) is 2.66. The zero-order valence-corrected chi connectivity index (χ0v) is 25.0. The maximum Gasteiger partial charge on any atom is 0.335 e. The van der Waals surface area contributed by atoms with Gasteiger partial charge in [-0.3, -0.25) is 9.36 Å². The molecule has 18 heteroatoms. The molecule has 0 unspecified atom stereocenters. The summed E-state index contributed by atoms with van der Waals surface area (Å²) in [5.74, 6) is -0.0951. The van der Waals surface area contributed by atoms with Crippen molar-refractivity contribution in [1.29, 1.82) is 0 Å². The van der Waals surface area contributed by atoms with Crippen molar-refractivity contribution in [3.63, 3.8) is 0 Å². The van der Waals surface area contributed by atoms with E-state index in [2.05, 4.69) is 14.9 Å². The first-order chi connectivity index (χ1) is 20.5. The zero-order chi connectivity index (χ0) is 30.7. The second kappa shape index (κ2) is 10.8. The van der Waals surface area contributed by atoms with Gasteiger partial charge in [0, 0.05) is 39.8 Å². The van der Waals surface area contributed by atoms with E-state index in [1.807, 2.05) is 4.90 Å². The van der Waals surface area contributed by atoms with Gasteiger partial charge >= 0.3 is 5.69 Å². The molecule has 3 aliphatic rings. The van der Waals surface area contributed by atoms with E-state index in [0.29, 0.717) is 61.6 Å². The molecule has 43 heavy (non-hydrogen) atoms. The molecule has 2 aromatic heterocycles. The first-order valence-corrected chi connectivity index (χ1v) is 16.0. The van der Waals surface area contributed by atoms with E-state index in [9.17, 15) is 31.2 Å². The molecular formula is C25H30F3N7O6S2. The number of fused-ring (bicyclic) bond motifs is 1. The zero-order valence-electron chi connectivity index (χ0n) is 23.4. The van der Waals surface area contributed by atoms with E-state index in [1.165, 1.54) is 23.8 Å². The Kier molecular flexibility index (Phi) is 7.55. The number of alkyl halides is 3. The molecular weight excluding hydrogens is 615 g/mol. The number of nitrogens with zero attached hydrogens (tertiary/aromatic N) is 6. The maximum atomic E-state index is 13.9. The number of piperazine rings is 1. The molecule has 0 radical (unpaired) electrons. The number of methoxy groups -OCH3 is 1. The number of carbonyl (C=O) groups is 1. The Labute approximate surface area is 248 Å². The number of rotatable bonds is 10. The largest absolute Gasteiger partial charge is 0.377 e. The fraction of sp³-hybridized carbons (Fsp3) is 0.600. The van der Waals surface area contributed by atoms with Crippen molar-refractivity contribution >= 4 is 44.0 Å². The smallest absolute Gasteiger partial charge is 0.335 e. The molecule has 1 saturated carbocycles. The first-order valence-electron chi connectivity index (χ1n) is 13.7. The Hall–Kier alpha value is -3.06. The van der Waals surface area contributed by atoms with Crippen molar-refractivity contribution in [2.75, 3.05) is 58.1 Å². The summed E-state index contributed by atoms with van der Waals surface area (Å²) in [5, 5.41) is 6.56. The molecule has 13 nitrogen and oxygen atoms in total. The summed E-state index contributed by atoms with van der Waals surface area (Å²) in [5.41, 5.74) is -1.96. The van der Waals surface area contributed by atoms with Crippen LogP contribution in [0.1, 0.15) is 31.2 Å². The molecule has 3 aromatic rings. The SMILES string of the molecule is CCn1c(=O)n(-c2nnc(C(F)F)s2)c2cc(S(=O)(=O)NC3(CF)COC3)cc(N3CCN(C(=O)C4(OC)CC4)CC3)c21. The summed E-state index contributed by atoms with van der Waals surface area (Å²) in [6.45, 7) is 1.92. The van der Waals surface area contributed by atoms with Gasteiger partial charge in [0.15, 0.2) is 5.01 Å². The first kappa shape index (κ1) is 30.0. The fourth-order valence-corrected chi connectivity index (χ4v) is 7.64. The number of ether oxygens (including phenoxy) is 2. The van der Waals surface area contributed by atoms with Gasteiger partial charge in [-0.25, -0.2) is 31.0 Å². The van der Waals surface area contributed by atoms with E-state index < -0.39 is 45.0 Å². The van der Waals surface area contributed by atoms with Gasteiger partial charge in [0.2, 0.25) is 15.2 Å². The van der Waals surface area contributed by atoms with Crippen LogP contribution in [0, 0.1) is 0 Å². The van der Waals surface area contributed by atoms with Gasteiger partial charge in [-0.2, -0.15) is 4.72 Å².